The first-order valence-electron chi connectivity index (χ1n) is 8.64. The van der Waals surface area contributed by atoms with Gasteiger partial charge in [-0.3, -0.25) is 0 Å². The summed E-state index contributed by atoms with van der Waals surface area (Å²) in [6, 6.07) is 6.02. The van der Waals surface area contributed by atoms with Crippen LogP contribution in [0.15, 0.2) is 30.6 Å². The van der Waals surface area contributed by atoms with Crippen LogP contribution in [0.5, 0.6) is 0 Å². The third kappa shape index (κ3) is 3.05. The van der Waals surface area contributed by atoms with Gasteiger partial charge < -0.3 is 19.2 Å². The molecule has 0 aliphatic carbocycles. The van der Waals surface area contributed by atoms with Crippen LogP contribution in [0.25, 0.3) is 11.0 Å². The molecule has 0 bridgehead atoms. The van der Waals surface area contributed by atoms with Crippen LogP contribution >= 0.6 is 11.6 Å². The lowest BCUT2D eigenvalue weighted by atomic mass is 10.1. The van der Waals surface area contributed by atoms with Gasteiger partial charge in [0, 0.05) is 43.7 Å². The van der Waals surface area contributed by atoms with E-state index in [0.717, 1.165) is 47.3 Å². The highest BCUT2D eigenvalue weighted by Crippen LogP contribution is 2.28. The third-order valence-corrected chi connectivity index (χ3v) is 5.13. The number of nitrogens with zero attached hydrogens (tertiary/aromatic N) is 4. The maximum atomic E-state index is 6.10. The number of aryl methyl sites for hydroxylation is 2. The lowest BCUT2D eigenvalue weighted by Gasteiger charge is -2.20. The number of ether oxygens (including phenoxy) is 1. The van der Waals surface area contributed by atoms with E-state index in [2.05, 4.69) is 26.4 Å². The van der Waals surface area contributed by atoms with Crippen molar-refractivity contribution in [3.8, 4) is 0 Å². The maximum Gasteiger partial charge on any atom is 0.139 e. The zero-order valence-corrected chi connectivity index (χ0v) is 15.2. The number of hydrogen-bond acceptors (Lipinski definition) is 4. The summed E-state index contributed by atoms with van der Waals surface area (Å²) < 4.78 is 10.2. The van der Waals surface area contributed by atoms with E-state index in [0.29, 0.717) is 6.54 Å². The molecule has 1 N–H and O–H groups in total. The molecule has 0 unspecified atom stereocenters. The van der Waals surface area contributed by atoms with E-state index in [9.17, 15) is 0 Å². The van der Waals surface area contributed by atoms with Crippen LogP contribution in [-0.2, 0) is 24.9 Å². The van der Waals surface area contributed by atoms with Crippen LogP contribution in [-0.4, -0.2) is 31.8 Å². The van der Waals surface area contributed by atoms with Gasteiger partial charge in [0.25, 0.3) is 0 Å². The van der Waals surface area contributed by atoms with E-state index in [1.54, 1.807) is 0 Å². The van der Waals surface area contributed by atoms with Crippen LogP contribution in [0.1, 0.15) is 31.1 Å². The minimum absolute atomic E-state index is 0.0147. The Kier molecular flexibility index (Phi) is 4.50. The zero-order valence-electron chi connectivity index (χ0n) is 14.4. The molecule has 0 saturated carbocycles. The Morgan fingerprint density at radius 3 is 3.12 bits per heavy atom. The molecule has 1 aromatic carbocycles. The van der Waals surface area contributed by atoms with Crippen molar-refractivity contribution >= 4 is 22.6 Å². The first-order chi connectivity index (χ1) is 12.2. The highest BCUT2D eigenvalue weighted by molar-refractivity contribution is 6.31. The molecule has 3 aromatic rings. The molecule has 1 aliphatic rings. The van der Waals surface area contributed by atoms with Gasteiger partial charge in [-0.1, -0.05) is 11.6 Å². The summed E-state index contributed by atoms with van der Waals surface area (Å²) in [5.74, 6) is 1.98. The normalized spacial score (nSPS) is 20.6. The number of benzene rings is 1. The van der Waals surface area contributed by atoms with Crippen LogP contribution < -0.4 is 5.32 Å². The second-order valence-corrected chi connectivity index (χ2v) is 6.80. The maximum absolute atomic E-state index is 6.10. The lowest BCUT2D eigenvalue weighted by molar-refractivity contribution is 0.0884. The van der Waals surface area contributed by atoms with Crippen molar-refractivity contribution in [2.75, 3.05) is 6.61 Å². The molecule has 132 valence electrons. The van der Waals surface area contributed by atoms with Gasteiger partial charge >= 0.3 is 0 Å². The molecular formula is C18H22ClN5O. The fourth-order valence-corrected chi connectivity index (χ4v) is 3.66. The molecule has 1 fully saturated rings. The van der Waals surface area contributed by atoms with Crippen LogP contribution in [0.4, 0.5) is 0 Å². The number of halogens is 1. The molecule has 6 nitrogen and oxygen atoms in total. The second kappa shape index (κ2) is 6.78. The summed E-state index contributed by atoms with van der Waals surface area (Å²) in [5.41, 5.74) is 2.01. The largest absolute Gasteiger partial charge is 0.369 e. The molecule has 2 aromatic heterocycles. The van der Waals surface area contributed by atoms with Gasteiger partial charge in [0.1, 0.15) is 17.8 Å². The van der Waals surface area contributed by atoms with Gasteiger partial charge in [-0.25, -0.2) is 9.97 Å². The zero-order chi connectivity index (χ0) is 17.4. The Morgan fingerprint density at radius 2 is 2.28 bits per heavy atom. The lowest BCUT2D eigenvalue weighted by Crippen LogP contribution is -2.33. The topological polar surface area (TPSA) is 56.9 Å². The summed E-state index contributed by atoms with van der Waals surface area (Å²) >= 11 is 6.10. The Hall–Kier alpha value is -1.89. The quantitative estimate of drug-likeness (QED) is 0.760. The Labute approximate surface area is 151 Å². The number of hydrogen-bond donors (Lipinski definition) is 1. The first-order valence-corrected chi connectivity index (χ1v) is 9.02. The molecule has 0 radical (unpaired) electrons. The third-order valence-electron chi connectivity index (χ3n) is 4.89. The van der Waals surface area contributed by atoms with Crippen LogP contribution in [0.3, 0.4) is 0 Å². The van der Waals surface area contributed by atoms with E-state index in [4.69, 9.17) is 21.3 Å². The fraction of sp³-hybridized carbons (Fsp3) is 0.444. The molecular weight excluding hydrogens is 338 g/mol. The van der Waals surface area contributed by atoms with E-state index in [-0.39, 0.29) is 12.1 Å². The summed E-state index contributed by atoms with van der Waals surface area (Å²) in [7, 11) is 2.02. The number of imidazole rings is 2. The SMILES string of the molecule is CCn1ccnc1[C@H]1OCC[C@@H]1NCc1nc2ccc(Cl)cc2n1C. The molecule has 1 aliphatic heterocycles. The van der Waals surface area contributed by atoms with Crippen molar-refractivity contribution in [1.29, 1.82) is 0 Å². The molecule has 25 heavy (non-hydrogen) atoms. The molecule has 3 heterocycles. The monoisotopic (exact) mass is 359 g/mol. The Morgan fingerprint density at radius 1 is 1.40 bits per heavy atom. The van der Waals surface area contributed by atoms with Crippen LogP contribution in [0, 0.1) is 0 Å². The average molecular weight is 360 g/mol. The Balaban J connectivity index is 1.52. The average Bonchev–Trinajstić information content (AvgIpc) is 3.32. The van der Waals surface area contributed by atoms with E-state index in [1.807, 2.05) is 37.6 Å². The van der Waals surface area contributed by atoms with E-state index >= 15 is 0 Å². The number of rotatable bonds is 5. The van der Waals surface area contributed by atoms with Crippen molar-refractivity contribution < 1.29 is 4.74 Å². The minimum atomic E-state index is -0.0147. The molecule has 0 amide bonds. The highest BCUT2D eigenvalue weighted by Gasteiger charge is 2.32. The van der Waals surface area contributed by atoms with E-state index in [1.165, 1.54) is 0 Å². The van der Waals surface area contributed by atoms with E-state index < -0.39 is 0 Å². The summed E-state index contributed by atoms with van der Waals surface area (Å²) in [4.78, 5) is 9.21. The number of fused-ring (bicyclic) bond motifs is 1. The van der Waals surface area contributed by atoms with Crippen molar-refractivity contribution in [3.05, 3.63) is 47.3 Å². The number of aromatic nitrogens is 4. The predicted octanol–water partition coefficient (Wildman–Crippen LogP) is 3.06. The predicted molar refractivity (Wildman–Crippen MR) is 97.6 cm³/mol. The summed E-state index contributed by atoms with van der Waals surface area (Å²) in [6.45, 7) is 4.44. The standard InChI is InChI=1S/C18H22ClN5O/c1-3-24-8-7-20-18(24)17-14(6-9-25-17)21-11-16-22-13-5-4-12(19)10-15(13)23(16)2/h4-5,7-8,10,14,17,21H,3,6,9,11H2,1-2H3/t14-,17-/m0/s1. The van der Waals surface area contributed by atoms with Crippen molar-refractivity contribution in [2.24, 2.45) is 7.05 Å². The van der Waals surface area contributed by atoms with Crippen LogP contribution in [0.2, 0.25) is 5.02 Å². The molecule has 2 atom stereocenters. The molecule has 4 rings (SSSR count). The minimum Gasteiger partial charge on any atom is -0.369 e. The van der Waals surface area contributed by atoms with Gasteiger partial charge in [-0.05, 0) is 31.5 Å². The van der Waals surface area contributed by atoms with Gasteiger partial charge in [0.2, 0.25) is 0 Å². The number of nitrogens with one attached hydrogen (secondary N) is 1. The van der Waals surface area contributed by atoms with Gasteiger partial charge in [0.15, 0.2) is 0 Å². The summed E-state index contributed by atoms with van der Waals surface area (Å²) in [6.07, 6.45) is 4.80. The van der Waals surface area contributed by atoms with Crippen molar-refractivity contribution in [1.82, 2.24) is 24.4 Å². The van der Waals surface area contributed by atoms with Gasteiger partial charge in [0.05, 0.1) is 17.6 Å². The fourth-order valence-electron chi connectivity index (χ4n) is 3.49. The summed E-state index contributed by atoms with van der Waals surface area (Å²) in [5, 5.41) is 4.34. The molecule has 1 saturated heterocycles. The second-order valence-electron chi connectivity index (χ2n) is 6.36. The molecule has 7 heteroatoms. The van der Waals surface area contributed by atoms with Crippen molar-refractivity contribution in [3.63, 3.8) is 0 Å². The Bertz CT molecular complexity index is 887. The van der Waals surface area contributed by atoms with Crippen molar-refractivity contribution in [2.45, 2.75) is 38.6 Å². The van der Waals surface area contributed by atoms with Gasteiger partial charge in [-0.15, -0.1) is 0 Å². The molecule has 0 spiro atoms. The smallest absolute Gasteiger partial charge is 0.139 e. The van der Waals surface area contributed by atoms with Gasteiger partial charge in [-0.2, -0.15) is 0 Å². The first kappa shape index (κ1) is 16.6. The highest BCUT2D eigenvalue weighted by atomic mass is 35.5.